The topological polar surface area (TPSA) is 59.1 Å². The molecule has 0 aromatic heterocycles. The van der Waals surface area contributed by atoms with Crippen molar-refractivity contribution in [3.05, 3.63) is 130 Å². The number of carbonyl (C=O) groups is 2. The molecule has 0 amide bonds. The normalized spacial score (nSPS) is 13.7. The van der Waals surface area contributed by atoms with Crippen LogP contribution in [0.1, 0.15) is 49.9 Å². The molecule has 0 atom stereocenters. The summed E-state index contributed by atoms with van der Waals surface area (Å²) in [7, 11) is 7.08. The number of hydrogen-bond acceptors (Lipinski definition) is 6. The minimum absolute atomic E-state index is 0.321. The van der Waals surface area contributed by atoms with E-state index in [2.05, 4.69) is 98.7 Å². The third-order valence-electron chi connectivity index (χ3n) is 8.03. The van der Waals surface area contributed by atoms with Gasteiger partial charge in [0.25, 0.3) is 0 Å². The average molecular weight is 605 g/mol. The van der Waals surface area contributed by atoms with Crippen LogP contribution in [-0.4, -0.2) is 71.7 Å². The zero-order valence-corrected chi connectivity index (χ0v) is 27.4. The van der Waals surface area contributed by atoms with Crippen LogP contribution < -0.4 is 10.4 Å². The molecule has 0 saturated carbocycles. The summed E-state index contributed by atoms with van der Waals surface area (Å²) in [4.78, 5) is 29.3. The van der Waals surface area contributed by atoms with Crippen molar-refractivity contribution < 1.29 is 19.1 Å². The van der Waals surface area contributed by atoms with Crippen molar-refractivity contribution in [3.63, 3.8) is 0 Å². The largest absolute Gasteiger partial charge is 0.465 e. The summed E-state index contributed by atoms with van der Waals surface area (Å²) < 4.78 is 10.3. The van der Waals surface area contributed by atoms with Gasteiger partial charge in [-0.15, -0.1) is 0 Å². The standard InChI is InChI=1S/C37H40N2O4Si/c1-7-43-37(41)29-22-18-27(19-23-29)35-34(26-16-20-28(21-17-26)36(40)42-6)44(35,32-14-10-8-12-30(32)24-38(2)3)33-15-11-9-13-31(33)25-39(4)5/h8-23H,7,24-25H2,1-6H3. The number of esters is 2. The van der Waals surface area contributed by atoms with Gasteiger partial charge in [-0.25, -0.2) is 9.59 Å². The molecule has 0 aliphatic carbocycles. The van der Waals surface area contributed by atoms with Crippen LogP contribution >= 0.6 is 0 Å². The average Bonchev–Trinajstić information content (AvgIpc) is 3.71. The van der Waals surface area contributed by atoms with E-state index >= 15 is 0 Å². The Morgan fingerprint density at radius 3 is 1.41 bits per heavy atom. The molecule has 1 aliphatic rings. The maximum absolute atomic E-state index is 12.5. The summed E-state index contributed by atoms with van der Waals surface area (Å²) in [6.07, 6.45) is 0. The number of methoxy groups -OCH3 is 1. The van der Waals surface area contributed by atoms with Gasteiger partial charge in [0.1, 0.15) is 0 Å². The molecule has 0 saturated heterocycles. The molecule has 1 aliphatic heterocycles. The SMILES string of the molecule is CCOC(=O)c1ccc(C2=C(c3ccc(C(=O)OC)cc3)[Si]2(c2ccccc2CN(C)C)c2ccccc2CN(C)C)cc1. The first kappa shape index (κ1) is 31.1. The van der Waals surface area contributed by atoms with Crippen molar-refractivity contribution in [1.29, 1.82) is 0 Å². The predicted molar refractivity (Wildman–Crippen MR) is 180 cm³/mol. The number of rotatable bonds is 11. The minimum Gasteiger partial charge on any atom is -0.465 e. The maximum atomic E-state index is 12.5. The summed E-state index contributed by atoms with van der Waals surface area (Å²) in [5, 5.41) is 5.35. The highest BCUT2D eigenvalue weighted by Gasteiger charge is 2.60. The van der Waals surface area contributed by atoms with Gasteiger partial charge in [0.15, 0.2) is 8.07 Å². The molecule has 4 aromatic carbocycles. The van der Waals surface area contributed by atoms with Crippen molar-refractivity contribution >= 4 is 40.8 Å². The molecule has 0 fully saturated rings. The van der Waals surface area contributed by atoms with Gasteiger partial charge in [0.2, 0.25) is 0 Å². The molecule has 5 rings (SSSR count). The van der Waals surface area contributed by atoms with Crippen molar-refractivity contribution in [2.75, 3.05) is 41.9 Å². The molecule has 7 heteroatoms. The van der Waals surface area contributed by atoms with Gasteiger partial charge in [-0.1, -0.05) is 72.8 Å². The molecular formula is C37H40N2O4Si. The van der Waals surface area contributed by atoms with E-state index in [1.54, 1.807) is 0 Å². The number of carbonyl (C=O) groups excluding carboxylic acids is 2. The van der Waals surface area contributed by atoms with Crippen LogP contribution in [-0.2, 0) is 22.6 Å². The van der Waals surface area contributed by atoms with Crippen LogP contribution in [0.3, 0.4) is 0 Å². The molecule has 0 unspecified atom stereocenters. The van der Waals surface area contributed by atoms with Crippen LogP contribution in [0, 0.1) is 0 Å². The van der Waals surface area contributed by atoms with E-state index in [0.29, 0.717) is 17.7 Å². The number of benzene rings is 4. The quantitative estimate of drug-likeness (QED) is 0.177. The fraction of sp³-hybridized carbons (Fsp3) is 0.243. The second kappa shape index (κ2) is 13.1. The Morgan fingerprint density at radius 1 is 0.614 bits per heavy atom. The maximum Gasteiger partial charge on any atom is 0.338 e. The predicted octanol–water partition coefficient (Wildman–Crippen LogP) is 5.04. The van der Waals surface area contributed by atoms with Crippen LogP contribution in [0.4, 0.5) is 0 Å². The first-order valence-corrected chi connectivity index (χ1v) is 16.9. The monoisotopic (exact) mass is 604 g/mol. The molecule has 0 spiro atoms. The molecule has 4 aromatic rings. The lowest BCUT2D eigenvalue weighted by Crippen LogP contribution is -2.53. The lowest BCUT2D eigenvalue weighted by molar-refractivity contribution is 0.0525. The fourth-order valence-electron chi connectivity index (χ4n) is 6.29. The van der Waals surface area contributed by atoms with Gasteiger partial charge in [-0.05, 0) is 102 Å². The van der Waals surface area contributed by atoms with Gasteiger partial charge in [-0.3, -0.25) is 0 Å². The number of hydrogen-bond donors (Lipinski definition) is 0. The van der Waals surface area contributed by atoms with E-state index in [9.17, 15) is 9.59 Å². The van der Waals surface area contributed by atoms with Crippen molar-refractivity contribution in [2.45, 2.75) is 20.0 Å². The Labute approximate surface area is 261 Å². The Morgan fingerprint density at radius 2 is 1.02 bits per heavy atom. The lowest BCUT2D eigenvalue weighted by Gasteiger charge is -2.27. The first-order valence-electron chi connectivity index (χ1n) is 14.9. The Hall–Kier alpha value is -4.30. The van der Waals surface area contributed by atoms with E-state index < -0.39 is 8.07 Å². The van der Waals surface area contributed by atoms with Gasteiger partial charge in [-0.2, -0.15) is 0 Å². The molecule has 0 radical (unpaired) electrons. The number of ether oxygens (including phenoxy) is 2. The van der Waals surface area contributed by atoms with E-state index in [1.807, 2.05) is 43.3 Å². The van der Waals surface area contributed by atoms with E-state index in [0.717, 1.165) is 24.2 Å². The fourth-order valence-corrected chi connectivity index (χ4v) is 12.1. The highest BCUT2D eigenvalue weighted by atomic mass is 28.3. The molecule has 6 nitrogen and oxygen atoms in total. The van der Waals surface area contributed by atoms with Crippen LogP contribution in [0.5, 0.6) is 0 Å². The van der Waals surface area contributed by atoms with Gasteiger partial charge >= 0.3 is 11.9 Å². The zero-order chi connectivity index (χ0) is 31.4. The highest BCUT2D eigenvalue weighted by Crippen LogP contribution is 2.54. The van der Waals surface area contributed by atoms with Crippen molar-refractivity contribution in [3.8, 4) is 0 Å². The smallest absolute Gasteiger partial charge is 0.338 e. The summed E-state index contributed by atoms with van der Waals surface area (Å²) in [6, 6.07) is 33.3. The van der Waals surface area contributed by atoms with Gasteiger partial charge in [0, 0.05) is 13.1 Å². The highest BCUT2D eigenvalue weighted by molar-refractivity contribution is 7.39. The summed E-state index contributed by atoms with van der Waals surface area (Å²) in [5.41, 5.74) is 5.83. The lowest BCUT2D eigenvalue weighted by atomic mass is 10.1. The Balaban J connectivity index is 1.80. The van der Waals surface area contributed by atoms with Crippen molar-refractivity contribution in [2.24, 2.45) is 0 Å². The molecule has 226 valence electrons. The first-order chi connectivity index (χ1) is 21.2. The van der Waals surface area contributed by atoms with E-state index in [-0.39, 0.29) is 11.9 Å². The molecular weight excluding hydrogens is 565 g/mol. The zero-order valence-electron chi connectivity index (χ0n) is 26.4. The van der Waals surface area contributed by atoms with Gasteiger partial charge in [0.05, 0.1) is 24.8 Å². The summed E-state index contributed by atoms with van der Waals surface area (Å²) >= 11 is 0. The second-order valence-electron chi connectivity index (χ2n) is 11.7. The Bertz CT molecular complexity index is 1640. The third kappa shape index (κ3) is 5.91. The molecule has 0 N–H and O–H groups in total. The van der Waals surface area contributed by atoms with Crippen LogP contribution in [0.2, 0.25) is 0 Å². The van der Waals surface area contributed by atoms with E-state index in [1.165, 1.54) is 39.0 Å². The minimum atomic E-state index is -2.73. The third-order valence-corrected chi connectivity index (χ3v) is 13.0. The number of nitrogens with zero attached hydrogens (tertiary/aromatic N) is 2. The van der Waals surface area contributed by atoms with Crippen LogP contribution in [0.25, 0.3) is 10.4 Å². The Kier molecular flexibility index (Phi) is 9.30. The molecule has 0 bridgehead atoms. The molecule has 1 heterocycles. The van der Waals surface area contributed by atoms with E-state index in [4.69, 9.17) is 9.47 Å². The van der Waals surface area contributed by atoms with Gasteiger partial charge < -0.3 is 19.3 Å². The second-order valence-corrected chi connectivity index (χ2v) is 15.2. The summed E-state index contributed by atoms with van der Waals surface area (Å²) in [5.74, 6) is -0.675. The van der Waals surface area contributed by atoms with Crippen LogP contribution in [0.15, 0.2) is 97.1 Å². The summed E-state index contributed by atoms with van der Waals surface area (Å²) in [6.45, 7) is 3.77. The van der Waals surface area contributed by atoms with Crippen molar-refractivity contribution in [1.82, 2.24) is 9.80 Å². The molecule has 44 heavy (non-hydrogen) atoms.